The monoisotopic (exact) mass is 232 g/mol. The Labute approximate surface area is 90.3 Å². The van der Waals surface area contributed by atoms with Gasteiger partial charge in [-0.25, -0.2) is 8.78 Å². The van der Waals surface area contributed by atoms with Crippen LogP contribution in [0.2, 0.25) is 0 Å². The Bertz CT molecular complexity index is 355. The fourth-order valence-electron chi connectivity index (χ4n) is 0.993. The van der Waals surface area contributed by atoms with E-state index in [-0.39, 0.29) is 11.3 Å². The molecule has 0 unspecified atom stereocenters. The molecule has 0 aliphatic rings. The summed E-state index contributed by atoms with van der Waals surface area (Å²) in [4.78, 5) is 10.4. The van der Waals surface area contributed by atoms with Crippen molar-refractivity contribution in [3.05, 3.63) is 29.8 Å². The van der Waals surface area contributed by atoms with E-state index in [0.717, 1.165) is 30.0 Å². The highest BCUT2D eigenvalue weighted by atomic mass is 32.2. The van der Waals surface area contributed by atoms with Gasteiger partial charge in [0.2, 0.25) is 0 Å². The number of carboxylic acids is 1. The van der Waals surface area contributed by atoms with Crippen LogP contribution in [0.5, 0.6) is 0 Å². The van der Waals surface area contributed by atoms with Crippen molar-refractivity contribution in [3.8, 4) is 0 Å². The molecule has 0 saturated heterocycles. The number of carboxylic acid groups (broad SMARTS) is 1. The highest BCUT2D eigenvalue weighted by molar-refractivity contribution is 7.99. The SMILES string of the molecule is O=C(O)CCCSc1cc(F)ccc1F. The summed E-state index contributed by atoms with van der Waals surface area (Å²) in [5.74, 6) is -1.38. The van der Waals surface area contributed by atoms with Crippen LogP contribution >= 0.6 is 11.8 Å². The molecule has 0 atom stereocenters. The van der Waals surface area contributed by atoms with Crippen LogP contribution in [0.15, 0.2) is 23.1 Å². The molecule has 0 aromatic heterocycles. The van der Waals surface area contributed by atoms with Gasteiger partial charge in [0.25, 0.3) is 0 Å². The van der Waals surface area contributed by atoms with Gasteiger partial charge in [0.15, 0.2) is 0 Å². The topological polar surface area (TPSA) is 37.3 Å². The van der Waals surface area contributed by atoms with Crippen LogP contribution in [0, 0.1) is 11.6 Å². The Hall–Kier alpha value is -1.10. The van der Waals surface area contributed by atoms with E-state index in [1.165, 1.54) is 0 Å². The van der Waals surface area contributed by atoms with Gasteiger partial charge >= 0.3 is 5.97 Å². The highest BCUT2D eigenvalue weighted by Gasteiger charge is 2.04. The molecule has 5 heteroatoms. The van der Waals surface area contributed by atoms with Gasteiger partial charge in [-0.2, -0.15) is 0 Å². The average Bonchev–Trinajstić information content (AvgIpc) is 2.17. The highest BCUT2D eigenvalue weighted by Crippen LogP contribution is 2.23. The standard InChI is InChI=1S/C10H10F2O2S/c11-7-3-4-8(12)9(6-7)15-5-1-2-10(13)14/h3-4,6H,1-2,5H2,(H,13,14). The van der Waals surface area contributed by atoms with Gasteiger partial charge in [-0.1, -0.05) is 0 Å². The molecule has 0 saturated carbocycles. The van der Waals surface area contributed by atoms with Crippen LogP contribution in [-0.2, 0) is 4.79 Å². The molecule has 0 aliphatic carbocycles. The summed E-state index contributed by atoms with van der Waals surface area (Å²) < 4.78 is 25.8. The summed E-state index contributed by atoms with van der Waals surface area (Å²) in [6.45, 7) is 0. The molecule has 2 nitrogen and oxygen atoms in total. The number of rotatable bonds is 5. The third-order valence-corrected chi connectivity index (χ3v) is 2.80. The van der Waals surface area contributed by atoms with Gasteiger partial charge in [-0.05, 0) is 30.4 Å². The number of hydrogen-bond acceptors (Lipinski definition) is 2. The quantitative estimate of drug-likeness (QED) is 0.626. The Morgan fingerprint density at radius 3 is 2.80 bits per heavy atom. The van der Waals surface area contributed by atoms with Crippen LogP contribution in [0.1, 0.15) is 12.8 Å². The largest absolute Gasteiger partial charge is 0.481 e. The minimum Gasteiger partial charge on any atom is -0.481 e. The van der Waals surface area contributed by atoms with Crippen LogP contribution in [0.3, 0.4) is 0 Å². The van der Waals surface area contributed by atoms with Crippen LogP contribution in [-0.4, -0.2) is 16.8 Å². The van der Waals surface area contributed by atoms with Crippen molar-refractivity contribution in [1.82, 2.24) is 0 Å². The number of hydrogen-bond donors (Lipinski definition) is 1. The van der Waals surface area contributed by atoms with E-state index in [0.29, 0.717) is 12.2 Å². The van der Waals surface area contributed by atoms with Gasteiger partial charge in [-0.15, -0.1) is 11.8 Å². The molecule has 0 radical (unpaired) electrons. The maximum absolute atomic E-state index is 13.1. The number of aliphatic carboxylic acids is 1. The van der Waals surface area contributed by atoms with Crippen LogP contribution < -0.4 is 0 Å². The predicted molar refractivity (Wildman–Crippen MR) is 54.0 cm³/mol. The number of benzene rings is 1. The number of thioether (sulfide) groups is 1. The minimum absolute atomic E-state index is 0.0456. The van der Waals surface area contributed by atoms with E-state index in [9.17, 15) is 13.6 Å². The molecule has 0 spiro atoms. The zero-order chi connectivity index (χ0) is 11.3. The van der Waals surface area contributed by atoms with Crippen molar-refractivity contribution in [3.63, 3.8) is 0 Å². The summed E-state index contributed by atoms with van der Waals surface area (Å²) in [5, 5.41) is 8.37. The molecular formula is C10H10F2O2S. The molecule has 0 bridgehead atoms. The third-order valence-electron chi connectivity index (χ3n) is 1.69. The fraction of sp³-hybridized carbons (Fsp3) is 0.300. The first-order valence-electron chi connectivity index (χ1n) is 4.39. The second-order valence-electron chi connectivity index (χ2n) is 2.92. The summed E-state index contributed by atoms with van der Waals surface area (Å²) in [5.41, 5.74) is 0. The van der Waals surface area contributed by atoms with Gasteiger partial charge in [0.1, 0.15) is 11.6 Å². The second kappa shape index (κ2) is 5.70. The van der Waals surface area contributed by atoms with Crippen molar-refractivity contribution in [2.75, 3.05) is 5.75 Å². The van der Waals surface area contributed by atoms with Gasteiger partial charge in [-0.3, -0.25) is 4.79 Å². The van der Waals surface area contributed by atoms with Crippen LogP contribution in [0.25, 0.3) is 0 Å². The van der Waals surface area contributed by atoms with E-state index in [1.54, 1.807) is 0 Å². The lowest BCUT2D eigenvalue weighted by Gasteiger charge is -2.02. The van der Waals surface area contributed by atoms with Gasteiger partial charge < -0.3 is 5.11 Å². The van der Waals surface area contributed by atoms with E-state index in [4.69, 9.17) is 5.11 Å². The molecular weight excluding hydrogens is 222 g/mol. The van der Waals surface area contributed by atoms with Crippen molar-refractivity contribution >= 4 is 17.7 Å². The maximum atomic E-state index is 13.1. The Morgan fingerprint density at radius 2 is 2.13 bits per heavy atom. The lowest BCUT2D eigenvalue weighted by atomic mass is 10.3. The van der Waals surface area contributed by atoms with Crippen LogP contribution in [0.4, 0.5) is 8.78 Å². The minimum atomic E-state index is -0.879. The first-order chi connectivity index (χ1) is 7.09. The van der Waals surface area contributed by atoms with Crippen molar-refractivity contribution in [2.45, 2.75) is 17.7 Å². The van der Waals surface area contributed by atoms with Crippen molar-refractivity contribution < 1.29 is 18.7 Å². The molecule has 0 aliphatic heterocycles. The van der Waals surface area contributed by atoms with Gasteiger partial charge in [0.05, 0.1) is 0 Å². The van der Waals surface area contributed by atoms with E-state index < -0.39 is 17.6 Å². The summed E-state index contributed by atoms with van der Waals surface area (Å²) in [6.07, 6.45) is 0.486. The lowest BCUT2D eigenvalue weighted by molar-refractivity contribution is -0.137. The average molecular weight is 232 g/mol. The summed E-state index contributed by atoms with van der Waals surface area (Å²) in [7, 11) is 0. The Balaban J connectivity index is 2.43. The first kappa shape index (κ1) is 12.0. The molecule has 0 fully saturated rings. The van der Waals surface area contributed by atoms with E-state index in [2.05, 4.69) is 0 Å². The molecule has 1 aromatic carbocycles. The lowest BCUT2D eigenvalue weighted by Crippen LogP contribution is -1.95. The number of halogens is 2. The second-order valence-corrected chi connectivity index (χ2v) is 4.06. The smallest absolute Gasteiger partial charge is 0.303 e. The van der Waals surface area contributed by atoms with E-state index in [1.807, 2.05) is 0 Å². The first-order valence-corrected chi connectivity index (χ1v) is 5.38. The van der Waals surface area contributed by atoms with E-state index >= 15 is 0 Å². The molecule has 1 aromatic rings. The normalized spacial score (nSPS) is 10.3. The maximum Gasteiger partial charge on any atom is 0.303 e. The predicted octanol–water partition coefficient (Wildman–Crippen LogP) is 2.92. The van der Waals surface area contributed by atoms with Crippen molar-refractivity contribution in [2.24, 2.45) is 0 Å². The van der Waals surface area contributed by atoms with Crippen molar-refractivity contribution in [1.29, 1.82) is 0 Å². The summed E-state index contributed by atoms with van der Waals surface area (Å²) in [6, 6.07) is 3.23. The number of carbonyl (C=O) groups is 1. The third kappa shape index (κ3) is 4.29. The molecule has 1 N–H and O–H groups in total. The zero-order valence-electron chi connectivity index (χ0n) is 7.87. The van der Waals surface area contributed by atoms with Gasteiger partial charge in [0, 0.05) is 11.3 Å². The molecule has 82 valence electrons. The Morgan fingerprint density at radius 1 is 1.40 bits per heavy atom. The molecule has 0 heterocycles. The fourth-order valence-corrected chi connectivity index (χ4v) is 1.90. The molecule has 0 amide bonds. The molecule has 1 rings (SSSR count). The summed E-state index contributed by atoms with van der Waals surface area (Å²) >= 11 is 1.12. The zero-order valence-corrected chi connectivity index (χ0v) is 8.69. The Kier molecular flexibility index (Phi) is 4.55. The molecule has 15 heavy (non-hydrogen) atoms.